The molecule has 0 aromatic heterocycles. The maximum absolute atomic E-state index is 12.0. The standard InChI is InChI=1S/C17H28N2O2/c1-6-12(3)19-17(20)14(5)21-16-10-8-9-15(11-16)13(4)18-7-2/h8-14,18H,6-7H2,1-5H3,(H,19,20). The van der Waals surface area contributed by atoms with Crippen LogP contribution < -0.4 is 15.4 Å². The Morgan fingerprint density at radius 2 is 1.95 bits per heavy atom. The fourth-order valence-corrected chi connectivity index (χ4v) is 2.00. The second-order valence-electron chi connectivity index (χ2n) is 5.43. The van der Waals surface area contributed by atoms with Gasteiger partial charge in [0, 0.05) is 12.1 Å². The molecule has 0 saturated carbocycles. The zero-order valence-electron chi connectivity index (χ0n) is 13.8. The van der Waals surface area contributed by atoms with Gasteiger partial charge in [-0.05, 0) is 51.4 Å². The summed E-state index contributed by atoms with van der Waals surface area (Å²) >= 11 is 0. The molecule has 3 unspecified atom stereocenters. The van der Waals surface area contributed by atoms with Crippen LogP contribution in [0, 0.1) is 0 Å². The van der Waals surface area contributed by atoms with Crippen LogP contribution in [0.15, 0.2) is 24.3 Å². The van der Waals surface area contributed by atoms with E-state index in [9.17, 15) is 4.79 Å². The van der Waals surface area contributed by atoms with Crippen molar-refractivity contribution in [2.45, 2.75) is 59.2 Å². The molecule has 118 valence electrons. The first-order chi connectivity index (χ1) is 9.97. The number of hydrogen-bond acceptors (Lipinski definition) is 3. The predicted octanol–water partition coefficient (Wildman–Crippen LogP) is 3.04. The number of benzene rings is 1. The van der Waals surface area contributed by atoms with Crippen LogP contribution in [0.5, 0.6) is 5.75 Å². The summed E-state index contributed by atoms with van der Waals surface area (Å²) in [5, 5.41) is 6.29. The van der Waals surface area contributed by atoms with Crippen molar-refractivity contribution in [2.24, 2.45) is 0 Å². The highest BCUT2D eigenvalue weighted by Crippen LogP contribution is 2.20. The molecular weight excluding hydrogens is 264 g/mol. The van der Waals surface area contributed by atoms with Crippen LogP contribution in [0.2, 0.25) is 0 Å². The average Bonchev–Trinajstić information content (AvgIpc) is 2.47. The van der Waals surface area contributed by atoms with Crippen molar-refractivity contribution in [2.75, 3.05) is 6.54 Å². The Balaban J connectivity index is 2.65. The number of rotatable bonds is 8. The smallest absolute Gasteiger partial charge is 0.260 e. The van der Waals surface area contributed by atoms with Crippen molar-refractivity contribution in [1.29, 1.82) is 0 Å². The number of amides is 1. The Hall–Kier alpha value is -1.55. The van der Waals surface area contributed by atoms with Crippen molar-refractivity contribution >= 4 is 5.91 Å². The van der Waals surface area contributed by atoms with Gasteiger partial charge in [-0.1, -0.05) is 26.0 Å². The van der Waals surface area contributed by atoms with Crippen molar-refractivity contribution in [3.05, 3.63) is 29.8 Å². The molecule has 1 aromatic carbocycles. The van der Waals surface area contributed by atoms with Gasteiger partial charge in [-0.15, -0.1) is 0 Å². The van der Waals surface area contributed by atoms with Crippen molar-refractivity contribution in [3.63, 3.8) is 0 Å². The lowest BCUT2D eigenvalue weighted by molar-refractivity contribution is -0.127. The molecule has 1 rings (SSSR count). The summed E-state index contributed by atoms with van der Waals surface area (Å²) in [7, 11) is 0. The fraction of sp³-hybridized carbons (Fsp3) is 0.588. The monoisotopic (exact) mass is 292 g/mol. The van der Waals surface area contributed by atoms with Gasteiger partial charge in [0.25, 0.3) is 5.91 Å². The Morgan fingerprint density at radius 3 is 2.57 bits per heavy atom. The highest BCUT2D eigenvalue weighted by molar-refractivity contribution is 5.80. The highest BCUT2D eigenvalue weighted by Gasteiger charge is 2.16. The van der Waals surface area contributed by atoms with Crippen LogP contribution in [-0.4, -0.2) is 24.6 Å². The van der Waals surface area contributed by atoms with E-state index in [4.69, 9.17) is 4.74 Å². The number of hydrogen-bond donors (Lipinski definition) is 2. The summed E-state index contributed by atoms with van der Waals surface area (Å²) in [5.74, 6) is 0.651. The van der Waals surface area contributed by atoms with Gasteiger partial charge in [-0.2, -0.15) is 0 Å². The van der Waals surface area contributed by atoms with Crippen molar-refractivity contribution in [1.82, 2.24) is 10.6 Å². The first-order valence-electron chi connectivity index (χ1n) is 7.78. The Kier molecular flexibility index (Phi) is 7.23. The molecule has 0 fully saturated rings. The van der Waals surface area contributed by atoms with E-state index in [-0.39, 0.29) is 18.0 Å². The van der Waals surface area contributed by atoms with Crippen LogP contribution in [0.25, 0.3) is 0 Å². The molecule has 4 heteroatoms. The Bertz CT molecular complexity index is 448. The van der Waals surface area contributed by atoms with Gasteiger partial charge in [0.15, 0.2) is 6.10 Å². The number of ether oxygens (including phenoxy) is 1. The van der Waals surface area contributed by atoms with Crippen LogP contribution in [0.4, 0.5) is 0 Å². The molecule has 0 aliphatic heterocycles. The van der Waals surface area contributed by atoms with Gasteiger partial charge >= 0.3 is 0 Å². The van der Waals surface area contributed by atoms with E-state index in [0.29, 0.717) is 0 Å². The quantitative estimate of drug-likeness (QED) is 0.774. The van der Waals surface area contributed by atoms with Gasteiger partial charge in [0.1, 0.15) is 5.75 Å². The molecule has 1 aromatic rings. The summed E-state index contributed by atoms with van der Waals surface area (Å²) in [6.07, 6.45) is 0.414. The van der Waals surface area contributed by atoms with Gasteiger partial charge in [0.05, 0.1) is 0 Å². The third-order valence-corrected chi connectivity index (χ3v) is 3.55. The predicted molar refractivity (Wildman–Crippen MR) is 86.5 cm³/mol. The van der Waals surface area contributed by atoms with Gasteiger partial charge in [-0.25, -0.2) is 0 Å². The summed E-state index contributed by atoms with van der Waals surface area (Å²) in [5.41, 5.74) is 1.16. The molecule has 1 amide bonds. The van der Waals surface area contributed by atoms with Crippen LogP contribution in [-0.2, 0) is 4.79 Å². The Labute approximate surface area is 128 Å². The van der Waals surface area contributed by atoms with Gasteiger partial charge in [-0.3, -0.25) is 4.79 Å². The highest BCUT2D eigenvalue weighted by atomic mass is 16.5. The van der Waals surface area contributed by atoms with Crippen LogP contribution in [0.3, 0.4) is 0 Å². The number of carbonyl (C=O) groups excluding carboxylic acids is 1. The normalized spacial score (nSPS) is 15.1. The van der Waals surface area contributed by atoms with Crippen LogP contribution in [0.1, 0.15) is 52.6 Å². The number of nitrogens with one attached hydrogen (secondary N) is 2. The lowest BCUT2D eigenvalue weighted by Crippen LogP contribution is -2.41. The van der Waals surface area contributed by atoms with Crippen molar-refractivity contribution in [3.8, 4) is 5.75 Å². The van der Waals surface area contributed by atoms with Crippen LogP contribution >= 0.6 is 0 Å². The fourth-order valence-electron chi connectivity index (χ4n) is 2.00. The van der Waals surface area contributed by atoms with E-state index in [1.807, 2.05) is 32.0 Å². The Morgan fingerprint density at radius 1 is 1.24 bits per heavy atom. The topological polar surface area (TPSA) is 50.4 Å². The number of carbonyl (C=O) groups is 1. The molecule has 0 heterocycles. The third-order valence-electron chi connectivity index (χ3n) is 3.55. The maximum Gasteiger partial charge on any atom is 0.260 e. The summed E-state index contributed by atoms with van der Waals surface area (Å²) in [6, 6.07) is 8.32. The van der Waals surface area contributed by atoms with E-state index in [1.165, 1.54) is 0 Å². The molecule has 0 bridgehead atoms. The largest absolute Gasteiger partial charge is 0.481 e. The minimum Gasteiger partial charge on any atom is -0.481 e. The molecule has 0 saturated heterocycles. The van der Waals surface area contributed by atoms with E-state index >= 15 is 0 Å². The zero-order chi connectivity index (χ0) is 15.8. The van der Waals surface area contributed by atoms with E-state index in [1.54, 1.807) is 6.92 Å². The molecule has 0 aliphatic rings. The first-order valence-corrected chi connectivity index (χ1v) is 7.78. The van der Waals surface area contributed by atoms with Gasteiger partial charge in [0.2, 0.25) is 0 Å². The minimum atomic E-state index is -0.497. The first kappa shape index (κ1) is 17.5. The molecule has 2 N–H and O–H groups in total. The summed E-state index contributed by atoms with van der Waals surface area (Å²) in [6.45, 7) is 10.9. The lowest BCUT2D eigenvalue weighted by atomic mass is 10.1. The average molecular weight is 292 g/mol. The molecule has 3 atom stereocenters. The minimum absolute atomic E-state index is 0.0746. The molecular formula is C17H28N2O2. The van der Waals surface area contributed by atoms with E-state index in [2.05, 4.69) is 30.5 Å². The molecule has 0 spiro atoms. The van der Waals surface area contributed by atoms with E-state index < -0.39 is 6.10 Å². The molecule has 0 aliphatic carbocycles. The lowest BCUT2D eigenvalue weighted by Gasteiger charge is -2.19. The van der Waals surface area contributed by atoms with Gasteiger partial charge < -0.3 is 15.4 Å². The van der Waals surface area contributed by atoms with E-state index in [0.717, 1.165) is 24.3 Å². The summed E-state index contributed by atoms with van der Waals surface area (Å²) in [4.78, 5) is 12.0. The second kappa shape index (κ2) is 8.67. The van der Waals surface area contributed by atoms with Crippen molar-refractivity contribution < 1.29 is 9.53 Å². The maximum atomic E-state index is 12.0. The molecule has 0 radical (unpaired) electrons. The molecule has 21 heavy (non-hydrogen) atoms. The second-order valence-corrected chi connectivity index (χ2v) is 5.43. The third kappa shape index (κ3) is 5.76. The molecule has 4 nitrogen and oxygen atoms in total. The zero-order valence-corrected chi connectivity index (χ0v) is 13.8. The SMILES string of the molecule is CCNC(C)c1cccc(OC(C)C(=O)NC(C)CC)c1. The summed E-state index contributed by atoms with van der Waals surface area (Å²) < 4.78 is 5.75.